The average Bonchev–Trinajstić information content (AvgIpc) is 3.06. The lowest BCUT2D eigenvalue weighted by Crippen LogP contribution is -2.46. The van der Waals surface area contributed by atoms with Gasteiger partial charge in [0, 0.05) is 11.7 Å². The summed E-state index contributed by atoms with van der Waals surface area (Å²) in [7, 11) is 0. The van der Waals surface area contributed by atoms with Crippen LogP contribution in [0, 0.1) is 37.0 Å². The Labute approximate surface area is 134 Å². The molecule has 22 heavy (non-hydrogen) atoms. The molecule has 0 aromatic carbocycles. The number of hydrogen-bond acceptors (Lipinski definition) is 3. The Hall–Kier alpha value is -2.13. The molecule has 1 saturated carbocycles. The van der Waals surface area contributed by atoms with Gasteiger partial charge < -0.3 is 5.32 Å². The first-order valence-electron chi connectivity index (χ1n) is 7.39. The van der Waals surface area contributed by atoms with E-state index in [-0.39, 0.29) is 11.1 Å². The van der Waals surface area contributed by atoms with Crippen LogP contribution in [0.1, 0.15) is 29.7 Å². The van der Waals surface area contributed by atoms with Crippen molar-refractivity contribution >= 4 is 17.3 Å². The smallest absolute Gasteiger partial charge is 0.287 e. The van der Waals surface area contributed by atoms with Crippen LogP contribution in [-0.4, -0.2) is 15.8 Å². The third-order valence-electron chi connectivity index (χ3n) is 4.51. The van der Waals surface area contributed by atoms with E-state index >= 15 is 0 Å². The zero-order chi connectivity index (χ0) is 15.9. The second kappa shape index (κ2) is 5.58. The molecule has 1 heterocycles. The minimum atomic E-state index is -0.364. The van der Waals surface area contributed by atoms with Crippen LogP contribution < -0.4 is 16.3 Å². The molecule has 6 heteroatoms. The Morgan fingerprint density at radius 3 is 2.77 bits per heavy atom. The SMILES string of the molecule is Cc1cc(C)n(NC(=S)N[C@@H]2C[C@@H]3C=C[C@@H]2C3)c(=O)c1C#N. The molecular formula is C16H18N4OS. The lowest BCUT2D eigenvalue weighted by Gasteiger charge is -2.23. The number of allylic oxidation sites excluding steroid dienone is 1. The molecule has 1 aromatic heterocycles. The van der Waals surface area contributed by atoms with Gasteiger partial charge in [-0.25, -0.2) is 4.68 Å². The second-order valence-corrected chi connectivity index (χ2v) is 6.48. The zero-order valence-corrected chi connectivity index (χ0v) is 13.4. The molecule has 2 aliphatic rings. The second-order valence-electron chi connectivity index (χ2n) is 6.07. The number of nitrogens with zero attached hydrogens (tertiary/aromatic N) is 2. The standard InChI is InChI=1S/C16H18N4OS/c1-9-5-10(2)20(15(21)13(9)8-17)19-16(22)18-14-7-11-3-4-12(14)6-11/h3-5,11-12,14H,6-7H2,1-2H3,(H2,18,19,22)/t11-,12-,14-/m1/s1. The van der Waals surface area contributed by atoms with Gasteiger partial charge in [-0.15, -0.1) is 0 Å². The maximum Gasteiger partial charge on any atom is 0.287 e. The highest BCUT2D eigenvalue weighted by atomic mass is 32.1. The number of fused-ring (bicyclic) bond motifs is 2. The molecule has 1 aromatic rings. The van der Waals surface area contributed by atoms with Gasteiger partial charge in [-0.1, -0.05) is 12.2 Å². The number of pyridine rings is 1. The van der Waals surface area contributed by atoms with Gasteiger partial charge in [-0.2, -0.15) is 5.26 Å². The van der Waals surface area contributed by atoms with Crippen LogP contribution in [0.15, 0.2) is 23.0 Å². The summed E-state index contributed by atoms with van der Waals surface area (Å²) in [4.78, 5) is 12.3. The fourth-order valence-corrected chi connectivity index (χ4v) is 3.66. The van der Waals surface area contributed by atoms with E-state index in [1.165, 1.54) is 11.1 Å². The van der Waals surface area contributed by atoms with Gasteiger partial charge in [0.25, 0.3) is 5.56 Å². The van der Waals surface area contributed by atoms with Crippen molar-refractivity contribution in [2.75, 3.05) is 5.43 Å². The molecule has 0 saturated heterocycles. The van der Waals surface area contributed by atoms with Crippen LogP contribution in [-0.2, 0) is 0 Å². The molecule has 2 N–H and O–H groups in total. The fraction of sp³-hybridized carbons (Fsp3) is 0.438. The van der Waals surface area contributed by atoms with Crippen molar-refractivity contribution in [2.45, 2.75) is 32.7 Å². The minimum Gasteiger partial charge on any atom is -0.358 e. The van der Waals surface area contributed by atoms with Crippen molar-refractivity contribution in [3.63, 3.8) is 0 Å². The lowest BCUT2D eigenvalue weighted by atomic mass is 10.0. The number of nitriles is 1. The normalized spacial score (nSPS) is 25.0. The molecule has 0 spiro atoms. The topological polar surface area (TPSA) is 69.8 Å². The minimum absolute atomic E-state index is 0.142. The number of aromatic nitrogens is 1. The monoisotopic (exact) mass is 314 g/mol. The number of rotatable bonds is 2. The summed E-state index contributed by atoms with van der Waals surface area (Å²) in [5.74, 6) is 1.18. The highest BCUT2D eigenvalue weighted by Crippen LogP contribution is 2.38. The maximum atomic E-state index is 12.3. The highest BCUT2D eigenvalue weighted by molar-refractivity contribution is 7.80. The van der Waals surface area contributed by atoms with Gasteiger partial charge in [0.05, 0.1) is 0 Å². The largest absolute Gasteiger partial charge is 0.358 e. The molecule has 1 fully saturated rings. The van der Waals surface area contributed by atoms with Crippen molar-refractivity contribution in [3.8, 4) is 6.07 Å². The molecule has 0 unspecified atom stereocenters. The average molecular weight is 314 g/mol. The predicted molar refractivity (Wildman–Crippen MR) is 89.1 cm³/mol. The summed E-state index contributed by atoms with van der Waals surface area (Å²) in [6, 6.07) is 4.08. The van der Waals surface area contributed by atoms with E-state index in [0.29, 0.717) is 28.6 Å². The van der Waals surface area contributed by atoms with E-state index in [0.717, 1.165) is 12.1 Å². The Morgan fingerprint density at radius 2 is 2.18 bits per heavy atom. The molecule has 3 rings (SSSR count). The first-order valence-corrected chi connectivity index (χ1v) is 7.79. The third kappa shape index (κ3) is 2.53. The van der Waals surface area contributed by atoms with Crippen LogP contribution in [0.3, 0.4) is 0 Å². The molecule has 0 amide bonds. The number of nitrogens with one attached hydrogen (secondary N) is 2. The van der Waals surface area contributed by atoms with Gasteiger partial charge in [-0.05, 0) is 62.4 Å². The molecule has 114 valence electrons. The number of aryl methyl sites for hydroxylation is 2. The van der Waals surface area contributed by atoms with Gasteiger partial charge in [0.1, 0.15) is 11.6 Å². The van der Waals surface area contributed by atoms with Crippen LogP contribution >= 0.6 is 12.2 Å². The zero-order valence-electron chi connectivity index (χ0n) is 12.6. The number of thiocarbonyl (C=S) groups is 1. The fourth-order valence-electron chi connectivity index (χ4n) is 3.41. The molecule has 0 radical (unpaired) electrons. The quantitative estimate of drug-likeness (QED) is 0.642. The van der Waals surface area contributed by atoms with Crippen LogP contribution in [0.4, 0.5) is 0 Å². The maximum absolute atomic E-state index is 12.3. The summed E-state index contributed by atoms with van der Waals surface area (Å²) in [5, 5.41) is 12.8. The predicted octanol–water partition coefficient (Wildman–Crippen LogP) is 1.72. The van der Waals surface area contributed by atoms with E-state index in [4.69, 9.17) is 17.5 Å². The molecular weight excluding hydrogens is 296 g/mol. The summed E-state index contributed by atoms with van der Waals surface area (Å²) in [6.07, 6.45) is 6.77. The van der Waals surface area contributed by atoms with E-state index in [9.17, 15) is 4.79 Å². The summed E-state index contributed by atoms with van der Waals surface area (Å²) in [5.41, 5.74) is 4.10. The highest BCUT2D eigenvalue weighted by Gasteiger charge is 2.35. The summed E-state index contributed by atoms with van der Waals surface area (Å²) in [6.45, 7) is 3.57. The van der Waals surface area contributed by atoms with E-state index in [1.54, 1.807) is 13.0 Å². The molecule has 5 nitrogen and oxygen atoms in total. The lowest BCUT2D eigenvalue weighted by molar-refractivity contribution is 0.524. The van der Waals surface area contributed by atoms with Gasteiger partial charge in [0.15, 0.2) is 5.11 Å². The van der Waals surface area contributed by atoms with Crippen LogP contribution in [0.5, 0.6) is 0 Å². The van der Waals surface area contributed by atoms with E-state index in [1.807, 2.05) is 13.0 Å². The van der Waals surface area contributed by atoms with Crippen molar-refractivity contribution in [1.29, 1.82) is 5.26 Å². The Morgan fingerprint density at radius 1 is 1.41 bits per heavy atom. The van der Waals surface area contributed by atoms with Crippen LogP contribution in [0.25, 0.3) is 0 Å². The first kappa shape index (κ1) is 14.8. The van der Waals surface area contributed by atoms with Gasteiger partial charge in [-0.3, -0.25) is 10.2 Å². The van der Waals surface area contributed by atoms with E-state index < -0.39 is 0 Å². The van der Waals surface area contributed by atoms with Crippen molar-refractivity contribution in [3.05, 3.63) is 45.4 Å². The molecule has 0 aliphatic heterocycles. The molecule has 3 atom stereocenters. The van der Waals surface area contributed by atoms with Gasteiger partial charge in [0.2, 0.25) is 0 Å². The van der Waals surface area contributed by atoms with Gasteiger partial charge >= 0.3 is 0 Å². The third-order valence-corrected chi connectivity index (χ3v) is 4.72. The Balaban J connectivity index is 1.76. The molecule has 2 aliphatic carbocycles. The van der Waals surface area contributed by atoms with Crippen LogP contribution in [0.2, 0.25) is 0 Å². The summed E-state index contributed by atoms with van der Waals surface area (Å²) >= 11 is 5.33. The molecule has 2 bridgehead atoms. The van der Waals surface area contributed by atoms with Crippen molar-refractivity contribution in [1.82, 2.24) is 9.99 Å². The first-order chi connectivity index (χ1) is 10.5. The Kier molecular flexibility index (Phi) is 3.75. The Bertz CT molecular complexity index is 759. The van der Waals surface area contributed by atoms with E-state index in [2.05, 4.69) is 22.9 Å². The van der Waals surface area contributed by atoms with Crippen molar-refractivity contribution in [2.24, 2.45) is 11.8 Å². The van der Waals surface area contributed by atoms with Crippen molar-refractivity contribution < 1.29 is 0 Å². The number of hydrogen-bond donors (Lipinski definition) is 2. The summed E-state index contributed by atoms with van der Waals surface area (Å²) < 4.78 is 1.34.